The minimum Gasteiger partial charge on any atom is -0.462 e. The molecular weight excluding hydrogens is 540 g/mol. The summed E-state index contributed by atoms with van der Waals surface area (Å²) < 4.78 is 16.2. The van der Waals surface area contributed by atoms with Crippen LogP contribution in [0.4, 0.5) is 0 Å². The standard InChI is InChI=1S/C21H27NO3.C12H16ClNO2/c1-8-24-20(23)16-12-22-18(21(5,6)7)11-17(16)25-19-14(3)9-13(2)10-15(19)4;1-5-16-11(15)8-7-14-10(6-9(8)13)12(2,3)4/h9-12H,8H2,1-7H3;6-7H,5H2,1-4H3. The third-order valence-electron chi connectivity index (χ3n) is 6.06. The zero-order valence-electron chi connectivity index (χ0n) is 26.2. The summed E-state index contributed by atoms with van der Waals surface area (Å²) in [5.41, 5.74) is 5.37. The molecule has 0 unspecified atom stereocenters. The lowest BCUT2D eigenvalue weighted by Gasteiger charge is -2.21. The smallest absolute Gasteiger partial charge is 0.343 e. The molecule has 41 heavy (non-hydrogen) atoms. The van der Waals surface area contributed by atoms with Gasteiger partial charge in [0.2, 0.25) is 0 Å². The number of benzene rings is 1. The Balaban J connectivity index is 0.000000317. The zero-order chi connectivity index (χ0) is 31.1. The summed E-state index contributed by atoms with van der Waals surface area (Å²) in [6, 6.07) is 7.69. The van der Waals surface area contributed by atoms with Crippen LogP contribution in [0.3, 0.4) is 0 Å². The molecular formula is C33H43ClN2O5. The molecule has 3 aromatic rings. The Hall–Kier alpha value is -3.45. The molecule has 0 amide bonds. The van der Waals surface area contributed by atoms with E-state index in [1.165, 1.54) is 11.8 Å². The summed E-state index contributed by atoms with van der Waals surface area (Å²) in [6.07, 6.45) is 3.02. The SMILES string of the molecule is CCOC(=O)c1cnc(C(C)(C)C)cc1Cl.CCOC(=O)c1cnc(C(C)(C)C)cc1Oc1c(C)cc(C)cc1C. The van der Waals surface area contributed by atoms with Crippen LogP contribution < -0.4 is 4.74 Å². The molecule has 0 atom stereocenters. The number of aryl methyl sites for hydroxylation is 3. The van der Waals surface area contributed by atoms with Gasteiger partial charge in [0, 0.05) is 40.7 Å². The maximum Gasteiger partial charge on any atom is 0.343 e. The van der Waals surface area contributed by atoms with E-state index in [0.717, 1.165) is 28.3 Å². The van der Waals surface area contributed by atoms with Crippen molar-refractivity contribution in [2.75, 3.05) is 13.2 Å². The van der Waals surface area contributed by atoms with E-state index in [4.69, 9.17) is 25.8 Å². The van der Waals surface area contributed by atoms with Crippen molar-refractivity contribution in [2.45, 2.75) is 87.0 Å². The van der Waals surface area contributed by atoms with Crippen LogP contribution in [0.25, 0.3) is 0 Å². The van der Waals surface area contributed by atoms with Crippen LogP contribution >= 0.6 is 11.6 Å². The predicted octanol–water partition coefficient (Wildman–Crippen LogP) is 8.48. The number of ether oxygens (including phenoxy) is 3. The van der Waals surface area contributed by atoms with E-state index in [-0.39, 0.29) is 10.8 Å². The normalized spacial score (nSPS) is 11.3. The molecule has 2 aromatic heterocycles. The van der Waals surface area contributed by atoms with Crippen molar-refractivity contribution in [1.82, 2.24) is 9.97 Å². The lowest BCUT2D eigenvalue weighted by Crippen LogP contribution is -2.15. The highest BCUT2D eigenvalue weighted by Gasteiger charge is 2.23. The number of pyridine rings is 2. The molecule has 8 heteroatoms. The monoisotopic (exact) mass is 582 g/mol. The average Bonchev–Trinajstić information content (AvgIpc) is 2.85. The molecule has 1 aromatic carbocycles. The van der Waals surface area contributed by atoms with Crippen molar-refractivity contribution in [3.63, 3.8) is 0 Å². The maximum atomic E-state index is 12.3. The average molecular weight is 583 g/mol. The summed E-state index contributed by atoms with van der Waals surface area (Å²) in [5.74, 6) is 0.393. The lowest BCUT2D eigenvalue weighted by atomic mass is 9.91. The fourth-order valence-corrected chi connectivity index (χ4v) is 4.16. The van der Waals surface area contributed by atoms with Gasteiger partial charge in [-0.15, -0.1) is 0 Å². The number of hydrogen-bond donors (Lipinski definition) is 0. The number of nitrogens with zero attached hydrogens (tertiary/aromatic N) is 2. The number of esters is 2. The molecule has 0 spiro atoms. The molecule has 0 aliphatic heterocycles. The van der Waals surface area contributed by atoms with Gasteiger partial charge in [0.25, 0.3) is 0 Å². The van der Waals surface area contributed by atoms with Gasteiger partial charge in [0.15, 0.2) is 0 Å². The van der Waals surface area contributed by atoms with Gasteiger partial charge in [0.1, 0.15) is 17.1 Å². The first-order chi connectivity index (χ1) is 19.0. The first kappa shape index (κ1) is 33.8. The van der Waals surface area contributed by atoms with Crippen molar-refractivity contribution >= 4 is 23.5 Å². The van der Waals surface area contributed by atoms with Crippen molar-refractivity contribution in [2.24, 2.45) is 0 Å². The summed E-state index contributed by atoms with van der Waals surface area (Å²) in [5, 5.41) is 0.387. The molecule has 0 radical (unpaired) electrons. The number of rotatable bonds is 6. The molecule has 3 rings (SSSR count). The Labute approximate surface area is 249 Å². The van der Waals surface area contributed by atoms with Crippen LogP contribution in [-0.2, 0) is 20.3 Å². The first-order valence-electron chi connectivity index (χ1n) is 13.8. The third-order valence-corrected chi connectivity index (χ3v) is 6.38. The number of halogens is 1. The van der Waals surface area contributed by atoms with E-state index in [1.54, 1.807) is 26.1 Å². The van der Waals surface area contributed by atoms with Crippen molar-refractivity contribution in [3.05, 3.63) is 80.9 Å². The lowest BCUT2D eigenvalue weighted by molar-refractivity contribution is 0.0514. The second-order valence-electron chi connectivity index (χ2n) is 11.9. The van der Waals surface area contributed by atoms with Crippen molar-refractivity contribution in [1.29, 1.82) is 0 Å². The molecule has 0 fully saturated rings. The van der Waals surface area contributed by atoms with Crippen molar-refractivity contribution in [3.8, 4) is 11.5 Å². The number of hydrogen-bond acceptors (Lipinski definition) is 7. The second kappa shape index (κ2) is 13.9. The fraction of sp³-hybridized carbons (Fsp3) is 0.455. The number of carbonyl (C=O) groups is 2. The highest BCUT2D eigenvalue weighted by Crippen LogP contribution is 2.34. The van der Waals surface area contributed by atoms with Gasteiger partial charge in [-0.3, -0.25) is 9.97 Å². The molecule has 0 aliphatic carbocycles. The molecule has 0 bridgehead atoms. The van der Waals surface area contributed by atoms with Gasteiger partial charge < -0.3 is 14.2 Å². The van der Waals surface area contributed by atoms with Crippen LogP contribution in [0.5, 0.6) is 11.5 Å². The predicted molar refractivity (Wildman–Crippen MR) is 164 cm³/mol. The van der Waals surface area contributed by atoms with E-state index < -0.39 is 11.9 Å². The van der Waals surface area contributed by atoms with Crippen LogP contribution in [0.2, 0.25) is 5.02 Å². The van der Waals surface area contributed by atoms with E-state index in [9.17, 15) is 9.59 Å². The van der Waals surface area contributed by atoms with Crippen LogP contribution in [-0.4, -0.2) is 35.1 Å². The number of carbonyl (C=O) groups excluding carboxylic acids is 2. The van der Waals surface area contributed by atoms with E-state index >= 15 is 0 Å². The Morgan fingerprint density at radius 1 is 0.732 bits per heavy atom. The topological polar surface area (TPSA) is 87.6 Å². The van der Waals surface area contributed by atoms with Gasteiger partial charge in [-0.05, 0) is 51.8 Å². The summed E-state index contributed by atoms with van der Waals surface area (Å²) in [6.45, 7) is 22.6. The van der Waals surface area contributed by atoms with Gasteiger partial charge in [0.05, 0.1) is 23.8 Å². The van der Waals surface area contributed by atoms with Gasteiger partial charge in [-0.1, -0.05) is 70.8 Å². The zero-order valence-corrected chi connectivity index (χ0v) is 26.9. The number of aromatic nitrogens is 2. The first-order valence-corrected chi connectivity index (χ1v) is 14.1. The molecule has 222 valence electrons. The Morgan fingerprint density at radius 3 is 1.61 bits per heavy atom. The third kappa shape index (κ3) is 9.28. The highest BCUT2D eigenvalue weighted by molar-refractivity contribution is 6.33. The van der Waals surface area contributed by atoms with Gasteiger partial charge in [-0.25, -0.2) is 9.59 Å². The molecule has 0 aliphatic rings. The minimum absolute atomic E-state index is 0.0865. The van der Waals surface area contributed by atoms with E-state index in [2.05, 4.69) is 49.8 Å². The Morgan fingerprint density at radius 2 is 1.17 bits per heavy atom. The fourth-order valence-electron chi connectivity index (χ4n) is 3.93. The Kier molecular flexibility index (Phi) is 11.5. The summed E-state index contributed by atoms with van der Waals surface area (Å²) >= 11 is 6.03. The van der Waals surface area contributed by atoms with Crippen molar-refractivity contribution < 1.29 is 23.8 Å². The van der Waals surface area contributed by atoms with E-state index in [0.29, 0.717) is 35.1 Å². The minimum atomic E-state index is -0.430. The molecule has 0 saturated heterocycles. The molecule has 7 nitrogen and oxygen atoms in total. The van der Waals surface area contributed by atoms with Crippen LogP contribution in [0, 0.1) is 20.8 Å². The van der Waals surface area contributed by atoms with Gasteiger partial charge in [-0.2, -0.15) is 0 Å². The molecule has 0 N–H and O–H groups in total. The molecule has 2 heterocycles. The largest absolute Gasteiger partial charge is 0.462 e. The quantitative estimate of drug-likeness (QED) is 0.269. The summed E-state index contributed by atoms with van der Waals surface area (Å²) in [4.78, 5) is 32.4. The van der Waals surface area contributed by atoms with Crippen LogP contribution in [0.1, 0.15) is 104 Å². The second-order valence-corrected chi connectivity index (χ2v) is 12.3. The Bertz CT molecular complexity index is 1360. The summed E-state index contributed by atoms with van der Waals surface area (Å²) in [7, 11) is 0. The van der Waals surface area contributed by atoms with Crippen LogP contribution in [0.15, 0.2) is 36.7 Å². The van der Waals surface area contributed by atoms with Gasteiger partial charge >= 0.3 is 11.9 Å². The van der Waals surface area contributed by atoms with E-state index in [1.807, 2.05) is 40.7 Å². The maximum absolute atomic E-state index is 12.3. The highest BCUT2D eigenvalue weighted by atomic mass is 35.5. The molecule has 0 saturated carbocycles.